The number of carbonyl (C=O) groups is 2. The molecule has 3 aromatic rings. The second-order valence-electron chi connectivity index (χ2n) is 8.02. The Morgan fingerprint density at radius 3 is 2.50 bits per heavy atom. The van der Waals surface area contributed by atoms with E-state index in [2.05, 4.69) is 10.2 Å². The average Bonchev–Trinajstić information content (AvgIpc) is 3.38. The Labute approximate surface area is 201 Å². The highest BCUT2D eigenvalue weighted by Crippen LogP contribution is 2.31. The molecule has 2 aromatic carbocycles. The molecule has 0 spiro atoms. The summed E-state index contributed by atoms with van der Waals surface area (Å²) in [6.45, 7) is 4.13. The largest absolute Gasteiger partial charge is 0.486 e. The van der Waals surface area contributed by atoms with E-state index in [0.717, 1.165) is 42.7 Å². The molecule has 1 saturated heterocycles. The van der Waals surface area contributed by atoms with Gasteiger partial charge < -0.3 is 24.4 Å². The number of carbonyl (C=O) groups excluding carboxylic acids is 2. The van der Waals surface area contributed by atoms with Crippen molar-refractivity contribution >= 4 is 33.8 Å². The maximum absolute atomic E-state index is 12.5. The molecule has 2 aliphatic heterocycles. The number of hydrogen-bond donors (Lipinski definition) is 1. The highest BCUT2D eigenvalue weighted by atomic mass is 32.1. The van der Waals surface area contributed by atoms with Crippen LogP contribution in [-0.2, 0) is 9.53 Å². The number of Topliss-reactive ketones (excluding diaryl/α,β-unsaturated/α-hetero) is 1. The van der Waals surface area contributed by atoms with E-state index in [-0.39, 0.29) is 24.5 Å². The van der Waals surface area contributed by atoms with Crippen LogP contribution in [0.5, 0.6) is 11.5 Å². The number of benzene rings is 2. The molecule has 0 atom stereocenters. The number of amides is 1. The number of nitrogens with zero attached hydrogens (tertiary/aromatic N) is 2. The lowest BCUT2D eigenvalue weighted by molar-refractivity contribution is -0.116. The van der Waals surface area contributed by atoms with Crippen LogP contribution in [0.1, 0.15) is 23.2 Å². The summed E-state index contributed by atoms with van der Waals surface area (Å²) in [5.41, 5.74) is 3.10. The van der Waals surface area contributed by atoms with Crippen molar-refractivity contribution in [3.8, 4) is 22.8 Å². The monoisotopic (exact) mass is 479 g/mol. The van der Waals surface area contributed by atoms with Crippen molar-refractivity contribution in [3.05, 3.63) is 53.4 Å². The number of anilines is 2. The van der Waals surface area contributed by atoms with Crippen molar-refractivity contribution in [2.75, 3.05) is 49.7 Å². The van der Waals surface area contributed by atoms with Gasteiger partial charge >= 0.3 is 0 Å². The Balaban J connectivity index is 1.13. The van der Waals surface area contributed by atoms with Gasteiger partial charge in [-0.25, -0.2) is 4.98 Å². The van der Waals surface area contributed by atoms with Crippen molar-refractivity contribution in [2.45, 2.75) is 12.8 Å². The highest BCUT2D eigenvalue weighted by molar-refractivity contribution is 7.14. The van der Waals surface area contributed by atoms with Crippen molar-refractivity contribution in [1.82, 2.24) is 4.98 Å². The molecule has 1 fully saturated rings. The van der Waals surface area contributed by atoms with Crippen molar-refractivity contribution < 1.29 is 23.8 Å². The third-order valence-electron chi connectivity index (χ3n) is 5.68. The lowest BCUT2D eigenvalue weighted by atomic mass is 10.1. The molecule has 0 bridgehead atoms. The molecular weight excluding hydrogens is 454 g/mol. The predicted octanol–water partition coefficient (Wildman–Crippen LogP) is 4.02. The topological polar surface area (TPSA) is 90.0 Å². The maximum Gasteiger partial charge on any atom is 0.224 e. The van der Waals surface area contributed by atoms with Gasteiger partial charge in [-0.1, -0.05) is 12.1 Å². The van der Waals surface area contributed by atoms with E-state index < -0.39 is 0 Å². The molecule has 3 heterocycles. The maximum atomic E-state index is 12.5. The molecule has 0 aliphatic carbocycles. The summed E-state index contributed by atoms with van der Waals surface area (Å²) < 4.78 is 16.4. The second kappa shape index (κ2) is 10.2. The van der Waals surface area contributed by atoms with E-state index in [4.69, 9.17) is 19.2 Å². The number of morpholine rings is 1. The fraction of sp³-hybridized carbons (Fsp3) is 0.320. The summed E-state index contributed by atoms with van der Waals surface area (Å²) in [7, 11) is 0. The fourth-order valence-corrected chi connectivity index (χ4v) is 4.72. The minimum atomic E-state index is -0.207. The second-order valence-corrected chi connectivity index (χ2v) is 8.86. The first kappa shape index (κ1) is 22.4. The van der Waals surface area contributed by atoms with Crippen LogP contribution in [0.15, 0.2) is 47.8 Å². The third-order valence-corrected chi connectivity index (χ3v) is 6.58. The molecule has 1 amide bonds. The van der Waals surface area contributed by atoms with E-state index in [1.54, 1.807) is 29.5 Å². The van der Waals surface area contributed by atoms with Gasteiger partial charge in [0.1, 0.15) is 13.2 Å². The predicted molar refractivity (Wildman–Crippen MR) is 130 cm³/mol. The van der Waals surface area contributed by atoms with Crippen molar-refractivity contribution in [3.63, 3.8) is 0 Å². The summed E-state index contributed by atoms with van der Waals surface area (Å²) in [5, 5.41) is 5.90. The van der Waals surface area contributed by atoms with E-state index in [1.807, 2.05) is 29.6 Å². The number of rotatable bonds is 7. The quantitative estimate of drug-likeness (QED) is 0.512. The Morgan fingerprint density at radius 1 is 0.941 bits per heavy atom. The third kappa shape index (κ3) is 5.21. The van der Waals surface area contributed by atoms with Crippen LogP contribution in [0.3, 0.4) is 0 Å². The van der Waals surface area contributed by atoms with Gasteiger partial charge in [-0.2, -0.15) is 0 Å². The van der Waals surface area contributed by atoms with Gasteiger partial charge in [-0.05, 0) is 30.3 Å². The van der Waals surface area contributed by atoms with E-state index in [9.17, 15) is 9.59 Å². The standard InChI is InChI=1S/C25H25N3O5S/c29-21(18-3-7-22-23(15-18)33-14-13-32-22)6-8-24(30)26-19-4-1-17(2-5-19)20-16-34-25(27-20)28-9-11-31-12-10-28/h1-5,7,15-16H,6,8-14H2,(H,26,30). The Kier molecular flexibility index (Phi) is 6.73. The number of hydrogen-bond acceptors (Lipinski definition) is 8. The Bertz CT molecular complexity index is 1170. The zero-order valence-electron chi connectivity index (χ0n) is 18.6. The number of ether oxygens (including phenoxy) is 3. The van der Waals surface area contributed by atoms with Crippen LogP contribution in [0, 0.1) is 0 Å². The fourth-order valence-electron chi connectivity index (χ4n) is 3.83. The molecule has 1 N–H and O–H groups in total. The molecule has 0 saturated carbocycles. The van der Waals surface area contributed by atoms with Crippen LogP contribution in [0.4, 0.5) is 10.8 Å². The zero-order chi connectivity index (χ0) is 23.3. The summed E-state index contributed by atoms with van der Waals surface area (Å²) >= 11 is 1.62. The summed E-state index contributed by atoms with van der Waals surface area (Å²) in [6, 6.07) is 12.7. The van der Waals surface area contributed by atoms with Crippen LogP contribution < -0.4 is 19.7 Å². The Morgan fingerprint density at radius 2 is 1.71 bits per heavy atom. The number of thiazole rings is 1. The van der Waals surface area contributed by atoms with Gasteiger partial charge in [-0.3, -0.25) is 9.59 Å². The summed E-state index contributed by atoms with van der Waals surface area (Å²) in [4.78, 5) is 31.9. The van der Waals surface area contributed by atoms with Gasteiger partial charge in [0.2, 0.25) is 5.91 Å². The molecule has 5 rings (SSSR count). The Hall–Kier alpha value is -3.43. The molecule has 2 aliphatic rings. The first-order valence-corrected chi connectivity index (χ1v) is 12.1. The molecule has 8 nitrogen and oxygen atoms in total. The number of fused-ring (bicyclic) bond motifs is 1. The van der Waals surface area contributed by atoms with Crippen LogP contribution in [0.2, 0.25) is 0 Å². The first-order valence-electron chi connectivity index (χ1n) is 11.3. The van der Waals surface area contributed by atoms with Gasteiger partial charge in [0.05, 0.1) is 18.9 Å². The lowest BCUT2D eigenvalue weighted by Crippen LogP contribution is -2.36. The number of ketones is 1. The van der Waals surface area contributed by atoms with Gasteiger partial charge in [0.15, 0.2) is 22.4 Å². The average molecular weight is 480 g/mol. The SMILES string of the molecule is O=C(CCC(=O)c1ccc2c(c1)OCCO2)Nc1ccc(-c2csc(N3CCOCC3)n2)cc1. The summed E-state index contributed by atoms with van der Waals surface area (Å²) in [6.07, 6.45) is 0.219. The molecule has 34 heavy (non-hydrogen) atoms. The number of nitrogens with one attached hydrogen (secondary N) is 1. The zero-order valence-corrected chi connectivity index (χ0v) is 19.4. The van der Waals surface area contributed by atoms with E-state index >= 15 is 0 Å². The van der Waals surface area contributed by atoms with Crippen molar-refractivity contribution in [1.29, 1.82) is 0 Å². The van der Waals surface area contributed by atoms with Crippen LogP contribution >= 0.6 is 11.3 Å². The lowest BCUT2D eigenvalue weighted by Gasteiger charge is -2.26. The highest BCUT2D eigenvalue weighted by Gasteiger charge is 2.17. The van der Waals surface area contributed by atoms with E-state index in [0.29, 0.717) is 36.0 Å². The van der Waals surface area contributed by atoms with Gasteiger partial charge in [-0.15, -0.1) is 11.3 Å². The molecule has 176 valence electrons. The molecular formula is C25H25N3O5S. The number of aromatic nitrogens is 1. The molecule has 0 unspecified atom stereocenters. The van der Waals surface area contributed by atoms with Gasteiger partial charge in [0.25, 0.3) is 0 Å². The molecule has 1 aromatic heterocycles. The minimum absolute atomic E-state index is 0.101. The van der Waals surface area contributed by atoms with Gasteiger partial charge in [0, 0.05) is 48.1 Å². The molecule has 9 heteroatoms. The summed E-state index contributed by atoms with van der Waals surface area (Å²) in [5.74, 6) is 0.891. The van der Waals surface area contributed by atoms with Crippen LogP contribution in [-0.4, -0.2) is 56.2 Å². The van der Waals surface area contributed by atoms with E-state index in [1.165, 1.54) is 0 Å². The molecule has 0 radical (unpaired) electrons. The minimum Gasteiger partial charge on any atom is -0.486 e. The van der Waals surface area contributed by atoms with Crippen LogP contribution in [0.25, 0.3) is 11.3 Å². The smallest absolute Gasteiger partial charge is 0.224 e. The first-order chi connectivity index (χ1) is 16.7. The normalized spacial score (nSPS) is 15.1. The van der Waals surface area contributed by atoms with Crippen molar-refractivity contribution in [2.24, 2.45) is 0 Å².